The minimum absolute atomic E-state index is 0.0498. The van der Waals surface area contributed by atoms with Crippen molar-refractivity contribution in [2.24, 2.45) is 0 Å². The van der Waals surface area contributed by atoms with Crippen molar-refractivity contribution in [2.75, 3.05) is 11.9 Å². The normalized spacial score (nSPS) is 14.9. The van der Waals surface area contributed by atoms with Crippen molar-refractivity contribution in [3.63, 3.8) is 0 Å². The molecule has 2 N–H and O–H groups in total. The Labute approximate surface area is 181 Å². The lowest BCUT2D eigenvalue weighted by Crippen LogP contribution is -2.24. The van der Waals surface area contributed by atoms with Crippen LogP contribution in [0.3, 0.4) is 0 Å². The van der Waals surface area contributed by atoms with Crippen LogP contribution >= 0.6 is 0 Å². The lowest BCUT2D eigenvalue weighted by atomic mass is 9.95. The zero-order valence-corrected chi connectivity index (χ0v) is 17.9. The van der Waals surface area contributed by atoms with Gasteiger partial charge in [0.25, 0.3) is 5.91 Å². The molecule has 1 aromatic heterocycles. The van der Waals surface area contributed by atoms with Crippen molar-refractivity contribution in [3.8, 4) is 12.3 Å². The Morgan fingerprint density at radius 1 is 1.10 bits per heavy atom. The molecule has 0 atom stereocenters. The van der Waals surface area contributed by atoms with E-state index in [9.17, 15) is 13.2 Å². The number of aromatic nitrogens is 2. The van der Waals surface area contributed by atoms with Gasteiger partial charge >= 0.3 is 0 Å². The van der Waals surface area contributed by atoms with E-state index >= 15 is 0 Å². The molecule has 1 heterocycles. The van der Waals surface area contributed by atoms with Gasteiger partial charge in [-0.25, -0.2) is 13.4 Å². The second-order valence-electron chi connectivity index (χ2n) is 7.59. The van der Waals surface area contributed by atoms with Crippen molar-refractivity contribution in [2.45, 2.75) is 43.0 Å². The third-order valence-electron chi connectivity index (χ3n) is 5.55. The topological polar surface area (TPSA) is 93.1 Å². The number of anilines is 1. The smallest absolute Gasteiger partial charge is 0.257 e. The Bertz CT molecular complexity index is 1230. The molecule has 160 valence electrons. The first-order valence-electron chi connectivity index (χ1n) is 10.3. The largest absolute Gasteiger partial charge is 0.307 e. The maximum Gasteiger partial charge on any atom is 0.257 e. The number of benzene rings is 2. The highest BCUT2D eigenvalue weighted by molar-refractivity contribution is 7.89. The number of fused-ring (bicyclic) bond motifs is 1. The Balaban J connectivity index is 1.59. The van der Waals surface area contributed by atoms with Gasteiger partial charge in [0.15, 0.2) is 0 Å². The van der Waals surface area contributed by atoms with Crippen LogP contribution in [0.25, 0.3) is 11.0 Å². The van der Waals surface area contributed by atoms with Crippen LogP contribution in [0.1, 0.15) is 48.5 Å². The summed E-state index contributed by atoms with van der Waals surface area (Å²) < 4.78 is 28.8. The average Bonchev–Trinajstić information content (AvgIpc) is 3.16. The van der Waals surface area contributed by atoms with E-state index < -0.39 is 10.0 Å². The molecule has 8 heteroatoms. The second-order valence-corrected chi connectivity index (χ2v) is 9.36. The molecule has 3 aromatic rings. The quantitative estimate of drug-likeness (QED) is 0.576. The van der Waals surface area contributed by atoms with Crippen molar-refractivity contribution >= 4 is 32.9 Å². The van der Waals surface area contributed by atoms with Crippen molar-refractivity contribution in [3.05, 3.63) is 54.1 Å². The number of hydrogen-bond acceptors (Lipinski definition) is 4. The number of hydrogen-bond donors (Lipinski definition) is 2. The molecule has 0 radical (unpaired) electrons. The summed E-state index contributed by atoms with van der Waals surface area (Å²) in [6.45, 7) is -0.0953. The zero-order valence-electron chi connectivity index (χ0n) is 17.0. The van der Waals surface area contributed by atoms with E-state index in [1.807, 2.05) is 24.3 Å². The molecule has 1 saturated carbocycles. The molecular formula is C23H24N4O3S. The summed E-state index contributed by atoms with van der Waals surface area (Å²) in [7, 11) is -3.70. The molecule has 1 amide bonds. The van der Waals surface area contributed by atoms with E-state index in [0.717, 1.165) is 36.7 Å². The van der Waals surface area contributed by atoms with E-state index in [1.54, 1.807) is 0 Å². The number of imidazole rings is 1. The minimum Gasteiger partial charge on any atom is -0.307 e. The van der Waals surface area contributed by atoms with Gasteiger partial charge < -0.3 is 4.57 Å². The van der Waals surface area contributed by atoms with E-state index in [4.69, 9.17) is 6.42 Å². The van der Waals surface area contributed by atoms with Gasteiger partial charge in [0.2, 0.25) is 16.0 Å². The van der Waals surface area contributed by atoms with Crippen LogP contribution in [0.15, 0.2) is 53.4 Å². The summed E-state index contributed by atoms with van der Waals surface area (Å²) in [5.74, 6) is 2.41. The number of para-hydroxylation sites is 2. The second kappa shape index (κ2) is 8.92. The number of amides is 1. The predicted molar refractivity (Wildman–Crippen MR) is 120 cm³/mol. The van der Waals surface area contributed by atoms with Gasteiger partial charge in [0, 0.05) is 11.6 Å². The third-order valence-corrected chi connectivity index (χ3v) is 6.97. The lowest BCUT2D eigenvalue weighted by molar-refractivity contribution is 0.102. The standard InChI is InChI=1S/C23H24N4O3S/c1-2-16-24-31(29,30)19-14-12-17(13-15-19)22(28)26-23-25-20-10-6-7-11-21(20)27(23)18-8-4-3-5-9-18/h1,6-7,10-15,18,24H,3-5,8-9,16H2,(H,25,26,28). The SMILES string of the molecule is C#CCNS(=O)(=O)c1ccc(C(=O)Nc2nc3ccccc3n2C2CCCCC2)cc1. The highest BCUT2D eigenvalue weighted by Gasteiger charge is 2.23. The van der Waals surface area contributed by atoms with Crippen LogP contribution in [0.2, 0.25) is 0 Å². The fraction of sp³-hybridized carbons (Fsp3) is 0.304. The third kappa shape index (κ3) is 4.48. The molecule has 0 unspecified atom stereocenters. The number of carbonyl (C=O) groups excluding carboxylic acids is 1. The van der Waals surface area contributed by atoms with Crippen LogP contribution in [0.4, 0.5) is 5.95 Å². The summed E-state index contributed by atoms with van der Waals surface area (Å²) in [4.78, 5) is 17.6. The van der Waals surface area contributed by atoms with Gasteiger partial charge in [-0.2, -0.15) is 4.72 Å². The zero-order chi connectivity index (χ0) is 21.8. The predicted octanol–water partition coefficient (Wildman–Crippen LogP) is 3.71. The van der Waals surface area contributed by atoms with Crippen LogP contribution in [-0.2, 0) is 10.0 Å². The number of terminal acetylenes is 1. The molecule has 31 heavy (non-hydrogen) atoms. The van der Waals surface area contributed by atoms with Crippen LogP contribution in [-0.4, -0.2) is 30.4 Å². The van der Waals surface area contributed by atoms with Crippen LogP contribution in [0.5, 0.6) is 0 Å². The maximum absolute atomic E-state index is 12.9. The molecule has 0 aliphatic heterocycles. The summed E-state index contributed by atoms with van der Waals surface area (Å²) in [6, 6.07) is 13.9. The van der Waals surface area contributed by atoms with Crippen molar-refractivity contribution in [1.29, 1.82) is 0 Å². The van der Waals surface area contributed by atoms with Gasteiger partial charge in [-0.05, 0) is 49.2 Å². The Hall–Kier alpha value is -3.15. The van der Waals surface area contributed by atoms with Gasteiger partial charge in [-0.1, -0.05) is 37.3 Å². The maximum atomic E-state index is 12.9. The Morgan fingerprint density at radius 2 is 1.81 bits per heavy atom. The first-order valence-corrected chi connectivity index (χ1v) is 11.8. The summed E-state index contributed by atoms with van der Waals surface area (Å²) in [6.07, 6.45) is 10.8. The first-order chi connectivity index (χ1) is 15.0. The van der Waals surface area contributed by atoms with Crippen LogP contribution in [0, 0.1) is 12.3 Å². The van der Waals surface area contributed by atoms with Gasteiger partial charge in [0.05, 0.1) is 22.5 Å². The lowest BCUT2D eigenvalue weighted by Gasteiger charge is -2.25. The van der Waals surface area contributed by atoms with E-state index in [0.29, 0.717) is 17.6 Å². The van der Waals surface area contributed by atoms with Crippen molar-refractivity contribution < 1.29 is 13.2 Å². The van der Waals surface area contributed by atoms with Gasteiger partial charge in [-0.3, -0.25) is 10.1 Å². The Kier molecular flexibility index (Phi) is 6.07. The fourth-order valence-corrected chi connectivity index (χ4v) is 4.96. The van der Waals surface area contributed by atoms with Crippen LogP contribution < -0.4 is 10.0 Å². The monoisotopic (exact) mass is 436 g/mol. The molecule has 7 nitrogen and oxygen atoms in total. The molecule has 2 aromatic carbocycles. The molecule has 0 bridgehead atoms. The fourth-order valence-electron chi connectivity index (χ4n) is 4.02. The van der Waals surface area contributed by atoms with Gasteiger partial charge in [-0.15, -0.1) is 6.42 Å². The highest BCUT2D eigenvalue weighted by atomic mass is 32.2. The number of rotatable bonds is 6. The highest BCUT2D eigenvalue weighted by Crippen LogP contribution is 2.34. The molecule has 0 saturated heterocycles. The number of nitrogens with zero attached hydrogens (tertiary/aromatic N) is 2. The molecule has 4 rings (SSSR count). The minimum atomic E-state index is -3.70. The van der Waals surface area contributed by atoms with Gasteiger partial charge in [0.1, 0.15) is 0 Å². The Morgan fingerprint density at radius 3 is 2.52 bits per heavy atom. The molecule has 1 aliphatic rings. The summed E-state index contributed by atoms with van der Waals surface area (Å²) in [5, 5.41) is 2.93. The number of carbonyl (C=O) groups is 1. The summed E-state index contributed by atoms with van der Waals surface area (Å²) in [5.41, 5.74) is 2.19. The van der Waals surface area contributed by atoms with E-state index in [-0.39, 0.29) is 17.3 Å². The summed E-state index contributed by atoms with van der Waals surface area (Å²) >= 11 is 0. The first kappa shape index (κ1) is 21.1. The molecular weight excluding hydrogens is 412 g/mol. The van der Waals surface area contributed by atoms with E-state index in [2.05, 4.69) is 25.5 Å². The average molecular weight is 437 g/mol. The van der Waals surface area contributed by atoms with Crippen molar-refractivity contribution in [1.82, 2.24) is 14.3 Å². The molecule has 0 spiro atoms. The number of sulfonamides is 1. The molecule has 1 fully saturated rings. The van der Waals surface area contributed by atoms with E-state index in [1.165, 1.54) is 30.7 Å². The number of nitrogens with one attached hydrogen (secondary N) is 2. The molecule has 1 aliphatic carbocycles.